The Morgan fingerprint density at radius 1 is 1.19 bits per heavy atom. The first-order chi connectivity index (χ1) is 15.4. The molecule has 0 radical (unpaired) electrons. The number of hydrogen-bond donors (Lipinski definition) is 1. The van der Waals surface area contributed by atoms with Gasteiger partial charge in [0, 0.05) is 17.2 Å². The number of anilines is 1. The Bertz CT molecular complexity index is 1240. The number of ether oxygens (including phenoxy) is 1. The van der Waals surface area contributed by atoms with Crippen molar-refractivity contribution < 1.29 is 32.2 Å². The van der Waals surface area contributed by atoms with Gasteiger partial charge in [-0.1, -0.05) is 15.9 Å². The second-order valence-corrected chi connectivity index (χ2v) is 6.91. The average Bonchev–Trinajstić information content (AvgIpc) is 3.39. The Morgan fingerprint density at radius 2 is 1.97 bits per heavy atom. The maximum atomic E-state index is 12.4. The van der Waals surface area contributed by atoms with Gasteiger partial charge in [-0.3, -0.25) is 9.55 Å². The highest BCUT2D eigenvalue weighted by Crippen LogP contribution is 2.31. The molecule has 0 aliphatic carbocycles. The van der Waals surface area contributed by atoms with Crippen LogP contribution in [-0.2, 0) is 9.63 Å². The van der Waals surface area contributed by atoms with Crippen LogP contribution in [0, 0.1) is 0 Å². The van der Waals surface area contributed by atoms with Crippen LogP contribution in [0.5, 0.6) is 5.75 Å². The quantitative estimate of drug-likeness (QED) is 0.292. The summed E-state index contributed by atoms with van der Waals surface area (Å²) in [6, 6.07) is 8.73. The molecule has 1 N–H and O–H groups in total. The lowest BCUT2D eigenvalue weighted by Gasteiger charge is -2.10. The van der Waals surface area contributed by atoms with Crippen molar-refractivity contribution in [1.29, 1.82) is 0 Å². The Labute approximate surface area is 185 Å². The average molecular weight is 513 g/mol. The van der Waals surface area contributed by atoms with Crippen molar-refractivity contribution in [3.8, 4) is 23.0 Å². The summed E-state index contributed by atoms with van der Waals surface area (Å²) in [7, 11) is 0. The zero-order valence-electron chi connectivity index (χ0n) is 15.8. The predicted octanol–water partition coefficient (Wildman–Crippen LogP) is 3.68. The smallest absolute Gasteiger partial charge is 0.493 e. The molecule has 4 rings (SSSR count). The molecular weight excluding hydrogens is 501 g/mol. The highest BCUT2D eigenvalue weighted by atomic mass is 79.9. The van der Waals surface area contributed by atoms with E-state index in [1.54, 1.807) is 41.1 Å². The molecule has 166 valence electrons. The summed E-state index contributed by atoms with van der Waals surface area (Å²) in [5.41, 5.74) is 3.48. The van der Waals surface area contributed by atoms with Crippen molar-refractivity contribution in [2.24, 2.45) is 0 Å². The van der Waals surface area contributed by atoms with Crippen LogP contribution >= 0.6 is 15.9 Å². The maximum absolute atomic E-state index is 12.4. The number of alkyl halides is 4. The fraction of sp³-hybridized carbons (Fsp3) is 0.167. The predicted molar refractivity (Wildman–Crippen MR) is 107 cm³/mol. The molecule has 10 nitrogen and oxygen atoms in total. The highest BCUT2D eigenvalue weighted by Gasteiger charge is 2.42. The minimum Gasteiger partial charge on any atom is -0.493 e. The number of rotatable bonds is 7. The van der Waals surface area contributed by atoms with E-state index in [4.69, 9.17) is 4.74 Å². The molecule has 0 saturated carbocycles. The lowest BCUT2D eigenvalue weighted by molar-refractivity contribution is -0.196. The van der Waals surface area contributed by atoms with Gasteiger partial charge in [0.15, 0.2) is 11.5 Å². The number of carbonyl (C=O) groups excluding carboxylic acids is 1. The van der Waals surface area contributed by atoms with E-state index >= 15 is 0 Å². The van der Waals surface area contributed by atoms with Gasteiger partial charge in [0.25, 0.3) is 0 Å². The van der Waals surface area contributed by atoms with E-state index in [0.717, 1.165) is 0 Å². The molecule has 3 heterocycles. The molecule has 0 fully saturated rings. The molecule has 0 aliphatic rings. The van der Waals surface area contributed by atoms with Gasteiger partial charge in [0.05, 0.1) is 18.3 Å². The Morgan fingerprint density at radius 3 is 2.69 bits per heavy atom. The van der Waals surface area contributed by atoms with E-state index in [1.165, 1.54) is 6.20 Å². The van der Waals surface area contributed by atoms with Crippen LogP contribution in [0.1, 0.15) is 0 Å². The van der Waals surface area contributed by atoms with Crippen molar-refractivity contribution >= 4 is 38.8 Å². The maximum Gasteiger partial charge on any atom is 0.493 e. The van der Waals surface area contributed by atoms with Crippen LogP contribution in [0.4, 0.5) is 19.0 Å². The van der Waals surface area contributed by atoms with Gasteiger partial charge < -0.3 is 9.57 Å². The fourth-order valence-electron chi connectivity index (χ4n) is 2.76. The van der Waals surface area contributed by atoms with Gasteiger partial charge in [-0.2, -0.15) is 18.7 Å². The van der Waals surface area contributed by atoms with Crippen LogP contribution in [0.15, 0.2) is 47.4 Å². The van der Waals surface area contributed by atoms with Crippen LogP contribution in [0.2, 0.25) is 0 Å². The van der Waals surface area contributed by atoms with Gasteiger partial charge in [-0.15, -0.1) is 0 Å². The minimum absolute atomic E-state index is 0.0872. The molecule has 14 heteroatoms. The van der Waals surface area contributed by atoms with Gasteiger partial charge in [-0.05, 0) is 40.6 Å². The Kier molecular flexibility index (Phi) is 5.94. The molecule has 0 amide bonds. The van der Waals surface area contributed by atoms with Gasteiger partial charge in [0.2, 0.25) is 5.82 Å². The largest absolute Gasteiger partial charge is 0.493 e. The number of pyridine rings is 1. The lowest BCUT2D eigenvalue weighted by Crippen LogP contribution is -2.27. The monoisotopic (exact) mass is 512 g/mol. The zero-order chi connectivity index (χ0) is 22.7. The Balaban J connectivity index is 1.74. The molecule has 0 saturated heterocycles. The van der Waals surface area contributed by atoms with Gasteiger partial charge >= 0.3 is 12.1 Å². The highest BCUT2D eigenvalue weighted by molar-refractivity contribution is 9.09. The lowest BCUT2D eigenvalue weighted by atomic mass is 10.2. The number of benzene rings is 1. The zero-order valence-corrected chi connectivity index (χ0v) is 17.4. The number of nitrogens with one attached hydrogen (secondary N) is 1. The van der Waals surface area contributed by atoms with Crippen LogP contribution in [0.3, 0.4) is 0 Å². The molecule has 4 aromatic rings. The molecule has 1 aromatic carbocycles. The Hall–Kier alpha value is -3.68. The third kappa shape index (κ3) is 4.34. The van der Waals surface area contributed by atoms with E-state index in [9.17, 15) is 18.0 Å². The van der Waals surface area contributed by atoms with Crippen molar-refractivity contribution in [3.05, 3.63) is 42.7 Å². The van der Waals surface area contributed by atoms with E-state index in [1.807, 2.05) is 5.48 Å². The molecular formula is C18H12BrF3N6O4. The van der Waals surface area contributed by atoms with Crippen LogP contribution in [0.25, 0.3) is 28.2 Å². The normalized spacial score (nSPS) is 11.5. The number of hydrogen-bond acceptors (Lipinski definition) is 9. The van der Waals surface area contributed by atoms with E-state index in [0.29, 0.717) is 34.4 Å². The van der Waals surface area contributed by atoms with Crippen molar-refractivity contribution in [1.82, 2.24) is 24.8 Å². The number of halogens is 4. The van der Waals surface area contributed by atoms with E-state index in [2.05, 4.69) is 45.7 Å². The summed E-state index contributed by atoms with van der Waals surface area (Å²) in [4.78, 5) is 23.5. The van der Waals surface area contributed by atoms with Gasteiger partial charge in [0.1, 0.15) is 11.3 Å². The van der Waals surface area contributed by atoms with E-state index in [-0.39, 0.29) is 17.3 Å². The molecule has 3 aromatic heterocycles. The van der Waals surface area contributed by atoms with E-state index < -0.39 is 12.1 Å². The molecule has 0 spiro atoms. The fourth-order valence-corrected chi connectivity index (χ4v) is 2.92. The molecule has 0 unspecified atom stereocenters. The summed E-state index contributed by atoms with van der Waals surface area (Å²) < 4.78 is 49.1. The summed E-state index contributed by atoms with van der Waals surface area (Å²) in [6.07, 6.45) is -2.13. The summed E-state index contributed by atoms with van der Waals surface area (Å²) in [5, 5.41) is 7.85. The molecule has 32 heavy (non-hydrogen) atoms. The minimum atomic E-state index is -5.19. The van der Waals surface area contributed by atoms with Crippen molar-refractivity contribution in [2.75, 3.05) is 17.4 Å². The SMILES string of the molecule is O=C(ONc1nonc1-c1nc2cnccc2n1-c1ccc(OCCBr)cc1)C(F)(F)F. The number of fused-ring (bicyclic) bond motifs is 1. The number of aromatic nitrogens is 5. The summed E-state index contributed by atoms with van der Waals surface area (Å²) in [5.74, 6) is -2.02. The van der Waals surface area contributed by atoms with Gasteiger partial charge in [-0.25, -0.2) is 14.4 Å². The second-order valence-electron chi connectivity index (χ2n) is 6.12. The first-order valence-corrected chi connectivity index (χ1v) is 9.99. The second kappa shape index (κ2) is 8.82. The van der Waals surface area contributed by atoms with Crippen molar-refractivity contribution in [3.63, 3.8) is 0 Å². The number of imidazole rings is 1. The third-order valence-corrected chi connectivity index (χ3v) is 4.39. The van der Waals surface area contributed by atoms with Crippen LogP contribution < -0.4 is 10.2 Å². The van der Waals surface area contributed by atoms with Crippen LogP contribution in [-0.4, -0.2) is 48.9 Å². The first kappa shape index (κ1) is 21.5. The molecule has 0 atom stereocenters. The number of nitrogens with zero attached hydrogens (tertiary/aromatic N) is 5. The summed E-state index contributed by atoms with van der Waals surface area (Å²) >= 11 is 3.29. The topological polar surface area (TPSA) is 117 Å². The third-order valence-electron chi connectivity index (χ3n) is 4.07. The van der Waals surface area contributed by atoms with Crippen molar-refractivity contribution in [2.45, 2.75) is 6.18 Å². The molecule has 0 aliphatic heterocycles. The number of carbonyl (C=O) groups is 1. The molecule has 0 bridgehead atoms. The standard InChI is InChI=1S/C18H12BrF3N6O4/c19-6-8-30-11-3-1-10(2-4-11)28-13-5-7-23-9-12(13)24-16(28)14-15(27-32-25-14)26-31-17(29)18(20,21)22/h1-5,7,9H,6,8H2,(H,26,27). The summed E-state index contributed by atoms with van der Waals surface area (Å²) in [6.45, 7) is 0.487. The first-order valence-electron chi connectivity index (χ1n) is 8.87.